The summed E-state index contributed by atoms with van der Waals surface area (Å²) in [7, 11) is 0. The third-order valence-corrected chi connectivity index (χ3v) is 2.31. The lowest BCUT2D eigenvalue weighted by Gasteiger charge is -2.15. The first-order valence-electron chi connectivity index (χ1n) is 5.07. The average molecular weight is 206 g/mol. The molecule has 0 fully saturated rings. The molecule has 1 aromatic carbocycles. The molecule has 0 bridgehead atoms. The maximum absolute atomic E-state index is 13.4. The Morgan fingerprint density at radius 3 is 2.80 bits per heavy atom. The van der Waals surface area contributed by atoms with Crippen LogP contribution < -0.4 is 5.32 Å². The van der Waals surface area contributed by atoms with Crippen molar-refractivity contribution in [3.63, 3.8) is 0 Å². The minimum absolute atomic E-state index is 0.0206. The average Bonchev–Trinajstić information content (AvgIpc) is 2.21. The second-order valence-corrected chi connectivity index (χ2v) is 3.60. The van der Waals surface area contributed by atoms with Gasteiger partial charge in [-0.3, -0.25) is 0 Å². The molecule has 0 aliphatic heterocycles. The first-order valence-corrected chi connectivity index (χ1v) is 5.07. The molecule has 3 heteroatoms. The van der Waals surface area contributed by atoms with Crippen LogP contribution in [0.4, 0.5) is 10.1 Å². The maximum Gasteiger partial charge on any atom is 0.146 e. The number of benzene rings is 1. The molecule has 0 heterocycles. The van der Waals surface area contributed by atoms with Crippen molar-refractivity contribution in [2.45, 2.75) is 32.7 Å². The van der Waals surface area contributed by atoms with Gasteiger partial charge < -0.3 is 5.32 Å². The SMILES string of the molecule is CCC(CC#N)Nc1ccc(C)cc1F. The largest absolute Gasteiger partial charge is 0.379 e. The topological polar surface area (TPSA) is 35.8 Å². The van der Waals surface area contributed by atoms with Crippen LogP contribution in [0.3, 0.4) is 0 Å². The van der Waals surface area contributed by atoms with Gasteiger partial charge in [0.25, 0.3) is 0 Å². The zero-order valence-electron chi connectivity index (χ0n) is 9.05. The summed E-state index contributed by atoms with van der Waals surface area (Å²) in [6, 6.07) is 7.16. The van der Waals surface area contributed by atoms with Crippen molar-refractivity contribution in [1.29, 1.82) is 5.26 Å². The monoisotopic (exact) mass is 206 g/mol. The number of rotatable bonds is 4. The highest BCUT2D eigenvalue weighted by Gasteiger charge is 2.08. The van der Waals surface area contributed by atoms with Crippen LogP contribution in [-0.2, 0) is 0 Å². The molecular formula is C12H15FN2. The predicted molar refractivity (Wildman–Crippen MR) is 59.1 cm³/mol. The number of hydrogen-bond acceptors (Lipinski definition) is 2. The lowest BCUT2D eigenvalue weighted by atomic mass is 10.1. The van der Waals surface area contributed by atoms with E-state index < -0.39 is 0 Å². The highest BCUT2D eigenvalue weighted by Crippen LogP contribution is 2.17. The predicted octanol–water partition coefficient (Wildman–Crippen LogP) is 3.24. The molecule has 1 rings (SSSR count). The Balaban J connectivity index is 2.75. The fourth-order valence-electron chi connectivity index (χ4n) is 1.36. The number of nitriles is 1. The lowest BCUT2D eigenvalue weighted by Crippen LogP contribution is -2.18. The number of anilines is 1. The molecule has 15 heavy (non-hydrogen) atoms. The summed E-state index contributed by atoms with van der Waals surface area (Å²) >= 11 is 0. The van der Waals surface area contributed by atoms with Gasteiger partial charge in [-0.05, 0) is 31.0 Å². The molecule has 0 aromatic heterocycles. The van der Waals surface area contributed by atoms with E-state index in [0.717, 1.165) is 12.0 Å². The molecule has 0 saturated carbocycles. The fourth-order valence-corrected chi connectivity index (χ4v) is 1.36. The number of aryl methyl sites for hydroxylation is 1. The van der Waals surface area contributed by atoms with E-state index in [1.165, 1.54) is 6.07 Å². The van der Waals surface area contributed by atoms with E-state index >= 15 is 0 Å². The molecule has 0 aliphatic rings. The molecule has 0 aliphatic carbocycles. The Bertz CT molecular complexity index is 368. The molecule has 2 nitrogen and oxygen atoms in total. The van der Waals surface area contributed by atoms with Gasteiger partial charge in [-0.2, -0.15) is 5.26 Å². The Labute approximate surface area is 89.7 Å². The van der Waals surface area contributed by atoms with Crippen LogP contribution in [0.5, 0.6) is 0 Å². The van der Waals surface area contributed by atoms with Gasteiger partial charge in [-0.15, -0.1) is 0 Å². The standard InChI is InChI=1S/C12H15FN2/c1-3-10(6-7-14)15-12-5-4-9(2)8-11(12)13/h4-5,8,10,15H,3,6H2,1-2H3. The zero-order chi connectivity index (χ0) is 11.3. The fraction of sp³-hybridized carbons (Fsp3) is 0.417. The van der Waals surface area contributed by atoms with Crippen molar-refractivity contribution < 1.29 is 4.39 Å². The van der Waals surface area contributed by atoms with Crippen molar-refractivity contribution in [3.05, 3.63) is 29.6 Å². The molecule has 1 N–H and O–H groups in total. The van der Waals surface area contributed by atoms with E-state index in [-0.39, 0.29) is 11.9 Å². The van der Waals surface area contributed by atoms with Crippen molar-refractivity contribution in [3.8, 4) is 6.07 Å². The highest BCUT2D eigenvalue weighted by molar-refractivity contribution is 5.47. The zero-order valence-corrected chi connectivity index (χ0v) is 9.05. The van der Waals surface area contributed by atoms with E-state index in [4.69, 9.17) is 5.26 Å². The van der Waals surface area contributed by atoms with Crippen LogP contribution in [-0.4, -0.2) is 6.04 Å². The molecule has 0 saturated heterocycles. The first kappa shape index (κ1) is 11.5. The van der Waals surface area contributed by atoms with Gasteiger partial charge in [0.15, 0.2) is 0 Å². The van der Waals surface area contributed by atoms with Crippen molar-refractivity contribution >= 4 is 5.69 Å². The summed E-state index contributed by atoms with van der Waals surface area (Å²) in [5.41, 5.74) is 1.37. The van der Waals surface area contributed by atoms with Gasteiger partial charge in [-0.1, -0.05) is 13.0 Å². The number of nitrogens with one attached hydrogen (secondary N) is 1. The normalized spacial score (nSPS) is 11.9. The quantitative estimate of drug-likeness (QED) is 0.820. The summed E-state index contributed by atoms with van der Waals surface area (Å²) in [6.45, 7) is 3.82. The molecule has 1 unspecified atom stereocenters. The number of nitrogens with zero attached hydrogens (tertiary/aromatic N) is 1. The smallest absolute Gasteiger partial charge is 0.146 e. The van der Waals surface area contributed by atoms with Crippen LogP contribution >= 0.6 is 0 Å². The minimum atomic E-state index is -0.258. The van der Waals surface area contributed by atoms with E-state index in [9.17, 15) is 4.39 Å². The Morgan fingerprint density at radius 1 is 1.53 bits per heavy atom. The summed E-state index contributed by atoms with van der Waals surface area (Å²) in [6.07, 6.45) is 1.20. The van der Waals surface area contributed by atoms with Gasteiger partial charge >= 0.3 is 0 Å². The number of halogens is 1. The molecular weight excluding hydrogens is 191 g/mol. The highest BCUT2D eigenvalue weighted by atomic mass is 19.1. The molecule has 1 aromatic rings. The molecule has 1 atom stereocenters. The van der Waals surface area contributed by atoms with Crippen molar-refractivity contribution in [1.82, 2.24) is 0 Å². The van der Waals surface area contributed by atoms with Crippen LogP contribution in [0.15, 0.2) is 18.2 Å². The third-order valence-electron chi connectivity index (χ3n) is 2.31. The van der Waals surface area contributed by atoms with Crippen LogP contribution in [0.2, 0.25) is 0 Å². The summed E-state index contributed by atoms with van der Waals surface area (Å²) < 4.78 is 13.4. The van der Waals surface area contributed by atoms with Gasteiger partial charge in [0.2, 0.25) is 0 Å². The van der Waals surface area contributed by atoms with Crippen LogP contribution in [0.1, 0.15) is 25.3 Å². The molecule has 0 spiro atoms. The Morgan fingerprint density at radius 2 is 2.27 bits per heavy atom. The van der Waals surface area contributed by atoms with E-state index in [2.05, 4.69) is 11.4 Å². The third kappa shape index (κ3) is 3.25. The van der Waals surface area contributed by atoms with Gasteiger partial charge in [0, 0.05) is 6.04 Å². The minimum Gasteiger partial charge on any atom is -0.379 e. The Hall–Kier alpha value is -1.56. The summed E-state index contributed by atoms with van der Waals surface area (Å²) in [5, 5.41) is 11.6. The first-order chi connectivity index (χ1) is 7.17. The van der Waals surface area contributed by atoms with Gasteiger partial charge in [0.1, 0.15) is 5.82 Å². The second-order valence-electron chi connectivity index (χ2n) is 3.60. The van der Waals surface area contributed by atoms with Gasteiger partial charge in [0.05, 0.1) is 18.2 Å². The van der Waals surface area contributed by atoms with E-state index in [0.29, 0.717) is 12.1 Å². The van der Waals surface area contributed by atoms with Crippen LogP contribution in [0, 0.1) is 24.1 Å². The summed E-state index contributed by atoms with van der Waals surface area (Å²) in [4.78, 5) is 0. The molecule has 0 radical (unpaired) electrons. The van der Waals surface area contributed by atoms with Crippen molar-refractivity contribution in [2.75, 3.05) is 5.32 Å². The van der Waals surface area contributed by atoms with Crippen molar-refractivity contribution in [2.24, 2.45) is 0 Å². The number of hydrogen-bond donors (Lipinski definition) is 1. The maximum atomic E-state index is 13.4. The van der Waals surface area contributed by atoms with Gasteiger partial charge in [-0.25, -0.2) is 4.39 Å². The van der Waals surface area contributed by atoms with E-state index in [1.54, 1.807) is 6.07 Å². The second kappa shape index (κ2) is 5.35. The molecule has 80 valence electrons. The molecule has 0 amide bonds. The summed E-state index contributed by atoms with van der Waals surface area (Å²) in [5.74, 6) is -0.258. The Kier molecular flexibility index (Phi) is 4.11. The van der Waals surface area contributed by atoms with Crippen LogP contribution in [0.25, 0.3) is 0 Å². The lowest BCUT2D eigenvalue weighted by molar-refractivity contribution is 0.620. The van der Waals surface area contributed by atoms with E-state index in [1.807, 2.05) is 19.9 Å².